The summed E-state index contributed by atoms with van der Waals surface area (Å²) in [7, 11) is 0. The molecule has 1 aromatic carbocycles. The maximum absolute atomic E-state index is 12.3. The molecule has 1 aromatic heterocycles. The molecular formula is C14H13NO2S. The van der Waals surface area contributed by atoms with Crippen LogP contribution in [0.1, 0.15) is 15.9 Å². The van der Waals surface area contributed by atoms with Crippen molar-refractivity contribution in [2.75, 3.05) is 18.5 Å². The lowest BCUT2D eigenvalue weighted by Crippen LogP contribution is -2.20. The van der Waals surface area contributed by atoms with Crippen molar-refractivity contribution in [2.45, 2.75) is 6.42 Å². The highest BCUT2D eigenvalue weighted by Crippen LogP contribution is 2.32. The Kier molecular flexibility index (Phi) is 3.02. The maximum atomic E-state index is 12.3. The minimum atomic E-state index is 0.106. The summed E-state index contributed by atoms with van der Waals surface area (Å²) >= 11 is 1.61. The third-order valence-corrected chi connectivity index (χ3v) is 3.66. The summed E-state index contributed by atoms with van der Waals surface area (Å²) in [6.07, 6.45) is 0.434. The van der Waals surface area contributed by atoms with Crippen LogP contribution in [0.2, 0.25) is 0 Å². The number of benzene rings is 1. The lowest BCUT2D eigenvalue weighted by molar-refractivity contribution is 0.0989. The summed E-state index contributed by atoms with van der Waals surface area (Å²) in [6, 6.07) is 7.65. The van der Waals surface area contributed by atoms with Gasteiger partial charge in [0.1, 0.15) is 6.61 Å². The second-order valence-corrected chi connectivity index (χ2v) is 4.97. The molecule has 0 unspecified atom stereocenters. The minimum absolute atomic E-state index is 0.106. The number of carbonyl (C=O) groups excluding carboxylic acids is 1. The predicted octanol–water partition coefficient (Wildman–Crippen LogP) is 2.98. The lowest BCUT2D eigenvalue weighted by Gasteiger charge is -2.21. The number of ketones is 1. The monoisotopic (exact) mass is 259 g/mol. The Hall–Kier alpha value is -1.81. The van der Waals surface area contributed by atoms with E-state index in [0.717, 1.165) is 17.8 Å². The molecule has 4 heteroatoms. The van der Waals surface area contributed by atoms with E-state index in [-0.39, 0.29) is 5.78 Å². The van der Waals surface area contributed by atoms with Crippen molar-refractivity contribution >= 4 is 22.8 Å². The Labute approximate surface area is 109 Å². The topological polar surface area (TPSA) is 38.3 Å². The first-order valence-corrected chi connectivity index (χ1v) is 6.83. The van der Waals surface area contributed by atoms with Gasteiger partial charge in [-0.3, -0.25) is 4.79 Å². The van der Waals surface area contributed by atoms with Crippen LogP contribution < -0.4 is 10.1 Å². The van der Waals surface area contributed by atoms with Gasteiger partial charge in [-0.05, 0) is 34.5 Å². The van der Waals surface area contributed by atoms with Crippen LogP contribution >= 0.6 is 11.3 Å². The SMILES string of the molecule is O=C(Cc1ccsc1)c1cccc2c1OCCN2. The van der Waals surface area contributed by atoms with Crippen LogP contribution in [0.15, 0.2) is 35.0 Å². The van der Waals surface area contributed by atoms with Crippen molar-refractivity contribution in [2.24, 2.45) is 0 Å². The van der Waals surface area contributed by atoms with Gasteiger partial charge in [0.15, 0.2) is 11.5 Å². The molecule has 0 fully saturated rings. The average molecular weight is 259 g/mol. The van der Waals surface area contributed by atoms with Crippen LogP contribution in [0.25, 0.3) is 0 Å². The minimum Gasteiger partial charge on any atom is -0.489 e. The Morgan fingerprint density at radius 3 is 3.17 bits per heavy atom. The largest absolute Gasteiger partial charge is 0.489 e. The number of thiophene rings is 1. The molecule has 1 aliphatic heterocycles. The van der Waals surface area contributed by atoms with Gasteiger partial charge in [-0.1, -0.05) is 6.07 Å². The lowest BCUT2D eigenvalue weighted by atomic mass is 10.0. The van der Waals surface area contributed by atoms with Crippen molar-refractivity contribution in [3.05, 3.63) is 46.2 Å². The van der Waals surface area contributed by atoms with E-state index in [1.807, 2.05) is 35.0 Å². The number of para-hydroxylation sites is 1. The van der Waals surface area contributed by atoms with Crippen molar-refractivity contribution in [3.63, 3.8) is 0 Å². The molecule has 3 rings (SSSR count). The Bertz CT molecular complexity index is 563. The number of carbonyl (C=O) groups is 1. The number of hydrogen-bond donors (Lipinski definition) is 1. The van der Waals surface area contributed by atoms with Crippen molar-refractivity contribution in [3.8, 4) is 5.75 Å². The van der Waals surface area contributed by atoms with Crippen LogP contribution in [-0.2, 0) is 6.42 Å². The third-order valence-electron chi connectivity index (χ3n) is 2.92. The van der Waals surface area contributed by atoms with E-state index < -0.39 is 0 Å². The van der Waals surface area contributed by atoms with Gasteiger partial charge < -0.3 is 10.1 Å². The molecular weight excluding hydrogens is 246 g/mol. The first-order chi connectivity index (χ1) is 8.84. The summed E-state index contributed by atoms with van der Waals surface area (Å²) in [5.41, 5.74) is 2.65. The fraction of sp³-hybridized carbons (Fsp3) is 0.214. The zero-order valence-corrected chi connectivity index (χ0v) is 10.6. The number of hydrogen-bond acceptors (Lipinski definition) is 4. The molecule has 0 saturated heterocycles. The number of rotatable bonds is 3. The van der Waals surface area contributed by atoms with Gasteiger partial charge in [0, 0.05) is 13.0 Å². The average Bonchev–Trinajstić information content (AvgIpc) is 2.91. The zero-order chi connectivity index (χ0) is 12.4. The van der Waals surface area contributed by atoms with Crippen LogP contribution in [0.4, 0.5) is 5.69 Å². The molecule has 2 heterocycles. The smallest absolute Gasteiger partial charge is 0.171 e. The summed E-state index contributed by atoms with van der Waals surface area (Å²) in [4.78, 5) is 12.3. The molecule has 0 bridgehead atoms. The number of ether oxygens (including phenoxy) is 1. The summed E-state index contributed by atoms with van der Waals surface area (Å²) in [6.45, 7) is 1.39. The molecule has 18 heavy (non-hydrogen) atoms. The molecule has 0 aliphatic carbocycles. The zero-order valence-electron chi connectivity index (χ0n) is 9.81. The second-order valence-electron chi connectivity index (χ2n) is 4.19. The van der Waals surface area contributed by atoms with E-state index in [0.29, 0.717) is 24.3 Å². The molecule has 1 N–H and O–H groups in total. The van der Waals surface area contributed by atoms with Gasteiger partial charge in [-0.2, -0.15) is 11.3 Å². The summed E-state index contributed by atoms with van der Waals surface area (Å²) < 4.78 is 5.61. The number of Topliss-reactive ketones (excluding diaryl/α,β-unsaturated/α-hetero) is 1. The fourth-order valence-corrected chi connectivity index (χ4v) is 2.73. The second kappa shape index (κ2) is 4.82. The Balaban J connectivity index is 1.89. The van der Waals surface area contributed by atoms with Crippen molar-refractivity contribution in [1.82, 2.24) is 0 Å². The number of fused-ring (bicyclic) bond motifs is 1. The van der Waals surface area contributed by atoms with Crippen LogP contribution in [-0.4, -0.2) is 18.9 Å². The van der Waals surface area contributed by atoms with E-state index in [4.69, 9.17) is 4.74 Å². The molecule has 0 radical (unpaired) electrons. The van der Waals surface area contributed by atoms with E-state index in [9.17, 15) is 4.79 Å². The van der Waals surface area contributed by atoms with Gasteiger partial charge in [0.25, 0.3) is 0 Å². The quantitative estimate of drug-likeness (QED) is 0.861. The van der Waals surface area contributed by atoms with Gasteiger partial charge in [-0.15, -0.1) is 0 Å². The van der Waals surface area contributed by atoms with E-state index in [1.54, 1.807) is 11.3 Å². The molecule has 0 saturated carbocycles. The Morgan fingerprint density at radius 1 is 1.39 bits per heavy atom. The maximum Gasteiger partial charge on any atom is 0.171 e. The molecule has 0 atom stereocenters. The third kappa shape index (κ3) is 2.11. The van der Waals surface area contributed by atoms with Gasteiger partial charge in [0.05, 0.1) is 11.3 Å². The highest BCUT2D eigenvalue weighted by Gasteiger charge is 2.18. The molecule has 3 nitrogen and oxygen atoms in total. The summed E-state index contributed by atoms with van der Waals surface area (Å²) in [5.74, 6) is 0.804. The predicted molar refractivity (Wildman–Crippen MR) is 72.8 cm³/mol. The molecule has 92 valence electrons. The fourth-order valence-electron chi connectivity index (χ4n) is 2.06. The van der Waals surface area contributed by atoms with E-state index >= 15 is 0 Å². The van der Waals surface area contributed by atoms with Crippen LogP contribution in [0.5, 0.6) is 5.75 Å². The molecule has 1 aliphatic rings. The van der Waals surface area contributed by atoms with E-state index in [1.165, 1.54) is 0 Å². The van der Waals surface area contributed by atoms with Gasteiger partial charge in [0.2, 0.25) is 0 Å². The highest BCUT2D eigenvalue weighted by molar-refractivity contribution is 7.08. The first-order valence-electron chi connectivity index (χ1n) is 5.88. The van der Waals surface area contributed by atoms with E-state index in [2.05, 4.69) is 5.32 Å². The number of nitrogens with one attached hydrogen (secondary N) is 1. The van der Waals surface area contributed by atoms with Crippen molar-refractivity contribution < 1.29 is 9.53 Å². The highest BCUT2D eigenvalue weighted by atomic mass is 32.1. The van der Waals surface area contributed by atoms with Gasteiger partial charge >= 0.3 is 0 Å². The van der Waals surface area contributed by atoms with Gasteiger partial charge in [-0.25, -0.2) is 0 Å². The standard InChI is InChI=1S/C14H13NO2S/c16-13(8-10-4-7-18-9-10)11-2-1-3-12-14(11)17-6-5-15-12/h1-4,7,9,15H,5-6,8H2. The molecule has 0 spiro atoms. The van der Waals surface area contributed by atoms with Crippen molar-refractivity contribution in [1.29, 1.82) is 0 Å². The first kappa shape index (κ1) is 11.3. The molecule has 2 aromatic rings. The number of anilines is 1. The Morgan fingerprint density at radius 2 is 2.33 bits per heavy atom. The normalized spacial score (nSPS) is 13.3. The molecule has 0 amide bonds. The van der Waals surface area contributed by atoms with Crippen LogP contribution in [0.3, 0.4) is 0 Å². The summed E-state index contributed by atoms with van der Waals surface area (Å²) in [5, 5.41) is 7.24. The van der Waals surface area contributed by atoms with Crippen LogP contribution in [0, 0.1) is 0 Å².